The molecule has 0 aliphatic rings. The van der Waals surface area contributed by atoms with Crippen molar-refractivity contribution in [2.75, 3.05) is 0 Å². The molecule has 0 fully saturated rings. The Bertz CT molecular complexity index is 161. The van der Waals surface area contributed by atoms with Gasteiger partial charge >= 0.3 is 6.09 Å². The molecule has 6 nitrogen and oxygen atoms in total. The van der Waals surface area contributed by atoms with Gasteiger partial charge in [0, 0.05) is 0 Å². The first-order chi connectivity index (χ1) is 5.93. The predicted octanol–water partition coefficient (Wildman–Crippen LogP) is 1.15. The molecule has 2 N–H and O–H groups in total. The molecule has 0 saturated heterocycles. The summed E-state index contributed by atoms with van der Waals surface area (Å²) < 4.78 is 0. The SMILES string of the molecule is CC(C)ONN(OC(C)C)C(=O)O. The molecule has 0 atom stereocenters. The van der Waals surface area contributed by atoms with Crippen LogP contribution < -0.4 is 5.59 Å². The van der Waals surface area contributed by atoms with Crippen LogP contribution in [-0.4, -0.2) is 28.6 Å². The zero-order valence-electron chi connectivity index (χ0n) is 8.27. The lowest BCUT2D eigenvalue weighted by Crippen LogP contribution is -2.44. The molecule has 0 saturated carbocycles. The van der Waals surface area contributed by atoms with Crippen LogP contribution in [0.4, 0.5) is 4.79 Å². The van der Waals surface area contributed by atoms with Gasteiger partial charge in [0.05, 0.1) is 12.2 Å². The Labute approximate surface area is 77.3 Å². The Balaban J connectivity index is 3.88. The number of rotatable bonds is 5. The van der Waals surface area contributed by atoms with Crippen LogP contribution in [0.2, 0.25) is 0 Å². The minimum absolute atomic E-state index is 0.127. The highest BCUT2D eigenvalue weighted by Gasteiger charge is 2.14. The van der Waals surface area contributed by atoms with Gasteiger partial charge in [-0.05, 0) is 27.7 Å². The summed E-state index contributed by atoms with van der Waals surface area (Å²) in [7, 11) is 0. The number of amides is 1. The molecule has 0 bridgehead atoms. The fraction of sp³-hybridized carbons (Fsp3) is 0.857. The number of hydrogen-bond donors (Lipinski definition) is 2. The van der Waals surface area contributed by atoms with Crippen molar-refractivity contribution >= 4 is 6.09 Å². The van der Waals surface area contributed by atoms with Crippen molar-refractivity contribution < 1.29 is 19.6 Å². The number of hydrogen-bond acceptors (Lipinski definition) is 4. The van der Waals surface area contributed by atoms with Crippen molar-refractivity contribution in [1.29, 1.82) is 0 Å². The van der Waals surface area contributed by atoms with Gasteiger partial charge in [-0.2, -0.15) is 0 Å². The van der Waals surface area contributed by atoms with Crippen LogP contribution in [-0.2, 0) is 9.68 Å². The Kier molecular flexibility index (Phi) is 5.36. The molecule has 6 heteroatoms. The molecule has 0 radical (unpaired) electrons. The predicted molar refractivity (Wildman–Crippen MR) is 45.4 cm³/mol. The molecule has 13 heavy (non-hydrogen) atoms. The summed E-state index contributed by atoms with van der Waals surface area (Å²) in [5, 5.41) is 9.13. The molecule has 0 heterocycles. The number of carboxylic acid groups (broad SMARTS) is 1. The van der Waals surface area contributed by atoms with E-state index in [-0.39, 0.29) is 12.2 Å². The summed E-state index contributed by atoms with van der Waals surface area (Å²) in [6, 6.07) is 0. The monoisotopic (exact) mass is 192 g/mol. The number of hydroxylamine groups is 1. The standard InChI is InChI=1S/C7H16N2O4/c1-5(2)12-8-9(7(10)11)13-6(3)4/h5-6,8H,1-4H3,(H,10,11). The lowest BCUT2D eigenvalue weighted by Gasteiger charge is -2.21. The summed E-state index contributed by atoms with van der Waals surface area (Å²) in [6.07, 6.45) is -1.62. The third-order valence-corrected chi connectivity index (χ3v) is 0.861. The summed E-state index contributed by atoms with van der Waals surface area (Å²) in [6.45, 7) is 6.96. The molecule has 0 unspecified atom stereocenters. The molecule has 0 aliphatic carbocycles. The van der Waals surface area contributed by atoms with E-state index in [1.807, 2.05) is 0 Å². The average Bonchev–Trinajstić information content (AvgIpc) is 1.96. The Hall–Kier alpha value is -0.850. The third kappa shape index (κ3) is 6.32. The van der Waals surface area contributed by atoms with E-state index in [0.29, 0.717) is 5.17 Å². The second-order valence-corrected chi connectivity index (χ2v) is 2.99. The van der Waals surface area contributed by atoms with Crippen LogP contribution in [0.1, 0.15) is 27.7 Å². The number of nitrogens with zero attached hydrogens (tertiary/aromatic N) is 1. The van der Waals surface area contributed by atoms with Crippen molar-refractivity contribution in [3.63, 3.8) is 0 Å². The lowest BCUT2D eigenvalue weighted by molar-refractivity contribution is -0.269. The summed E-state index contributed by atoms with van der Waals surface area (Å²) in [5.41, 5.74) is 2.16. The van der Waals surface area contributed by atoms with Crippen molar-refractivity contribution in [1.82, 2.24) is 10.8 Å². The van der Waals surface area contributed by atoms with E-state index < -0.39 is 6.09 Å². The van der Waals surface area contributed by atoms with Crippen molar-refractivity contribution in [2.24, 2.45) is 0 Å². The first-order valence-corrected chi connectivity index (χ1v) is 4.04. The fourth-order valence-electron chi connectivity index (χ4n) is 0.470. The van der Waals surface area contributed by atoms with Crippen molar-refractivity contribution in [2.45, 2.75) is 39.9 Å². The number of hydrazine groups is 1. The van der Waals surface area contributed by atoms with Crippen LogP contribution >= 0.6 is 0 Å². The molecule has 78 valence electrons. The minimum atomic E-state index is -1.26. The number of carbonyl (C=O) groups is 1. The summed E-state index contributed by atoms with van der Waals surface area (Å²) in [4.78, 5) is 20.2. The van der Waals surface area contributed by atoms with E-state index in [1.54, 1.807) is 27.7 Å². The van der Waals surface area contributed by atoms with Crippen LogP contribution in [0.3, 0.4) is 0 Å². The summed E-state index contributed by atoms with van der Waals surface area (Å²) in [5.74, 6) is 0. The topological polar surface area (TPSA) is 71.0 Å². The van der Waals surface area contributed by atoms with E-state index in [0.717, 1.165) is 0 Å². The quantitative estimate of drug-likeness (QED) is 0.639. The highest BCUT2D eigenvalue weighted by Crippen LogP contribution is 1.95. The molecule has 0 aromatic heterocycles. The van der Waals surface area contributed by atoms with Gasteiger partial charge in [-0.1, -0.05) is 10.8 Å². The van der Waals surface area contributed by atoms with Crippen LogP contribution in [0.5, 0.6) is 0 Å². The second kappa shape index (κ2) is 5.74. The van der Waals surface area contributed by atoms with E-state index in [1.165, 1.54) is 0 Å². The molecular weight excluding hydrogens is 176 g/mol. The van der Waals surface area contributed by atoms with Crippen molar-refractivity contribution in [3.05, 3.63) is 0 Å². The smallest absolute Gasteiger partial charge is 0.448 e. The van der Waals surface area contributed by atoms with Crippen LogP contribution in [0, 0.1) is 0 Å². The largest absolute Gasteiger partial charge is 0.462 e. The van der Waals surface area contributed by atoms with Gasteiger partial charge in [0.1, 0.15) is 0 Å². The van der Waals surface area contributed by atoms with Crippen LogP contribution in [0.25, 0.3) is 0 Å². The van der Waals surface area contributed by atoms with Gasteiger partial charge < -0.3 is 5.11 Å². The van der Waals surface area contributed by atoms with E-state index >= 15 is 0 Å². The molecule has 0 rings (SSSR count). The maximum atomic E-state index is 10.5. The van der Waals surface area contributed by atoms with Gasteiger partial charge in [0.25, 0.3) is 0 Å². The van der Waals surface area contributed by atoms with E-state index in [9.17, 15) is 4.79 Å². The van der Waals surface area contributed by atoms with Gasteiger partial charge in [-0.3, -0.25) is 4.84 Å². The molecule has 0 aliphatic heterocycles. The molecule has 0 aromatic rings. The Morgan fingerprint density at radius 2 is 1.85 bits per heavy atom. The third-order valence-electron chi connectivity index (χ3n) is 0.861. The van der Waals surface area contributed by atoms with E-state index in [4.69, 9.17) is 14.8 Å². The Morgan fingerprint density at radius 1 is 1.31 bits per heavy atom. The first kappa shape index (κ1) is 12.2. The second-order valence-electron chi connectivity index (χ2n) is 2.99. The van der Waals surface area contributed by atoms with Gasteiger partial charge in [0.2, 0.25) is 0 Å². The normalized spacial score (nSPS) is 10.9. The van der Waals surface area contributed by atoms with Gasteiger partial charge in [0.15, 0.2) is 0 Å². The van der Waals surface area contributed by atoms with Gasteiger partial charge in [-0.25, -0.2) is 9.63 Å². The zero-order chi connectivity index (χ0) is 10.4. The Morgan fingerprint density at radius 3 is 2.15 bits per heavy atom. The zero-order valence-corrected chi connectivity index (χ0v) is 8.27. The van der Waals surface area contributed by atoms with Crippen LogP contribution in [0.15, 0.2) is 0 Å². The fourth-order valence-corrected chi connectivity index (χ4v) is 0.470. The molecule has 1 amide bonds. The van der Waals surface area contributed by atoms with E-state index in [2.05, 4.69) is 5.59 Å². The molecule has 0 spiro atoms. The number of nitrogens with one attached hydrogen (secondary N) is 1. The molecular formula is C7H16N2O4. The summed E-state index contributed by atoms with van der Waals surface area (Å²) >= 11 is 0. The maximum absolute atomic E-state index is 10.5. The highest BCUT2D eigenvalue weighted by molar-refractivity contribution is 5.62. The maximum Gasteiger partial charge on any atom is 0.448 e. The first-order valence-electron chi connectivity index (χ1n) is 4.04. The van der Waals surface area contributed by atoms with Crippen molar-refractivity contribution in [3.8, 4) is 0 Å². The highest BCUT2D eigenvalue weighted by atomic mass is 16.8. The minimum Gasteiger partial charge on any atom is -0.462 e. The average molecular weight is 192 g/mol. The van der Waals surface area contributed by atoms with Gasteiger partial charge in [-0.15, -0.1) is 0 Å². The lowest BCUT2D eigenvalue weighted by atomic mass is 10.5. The molecule has 0 aromatic carbocycles.